The maximum Gasteiger partial charge on any atom is 0.416 e. The van der Waals surface area contributed by atoms with E-state index in [9.17, 15) is 22.8 Å². The molecule has 0 radical (unpaired) electrons. The summed E-state index contributed by atoms with van der Waals surface area (Å²) in [6.07, 6.45) is -2.34. The van der Waals surface area contributed by atoms with E-state index in [1.807, 2.05) is 0 Å². The summed E-state index contributed by atoms with van der Waals surface area (Å²) in [5.74, 6) is -0.404. The van der Waals surface area contributed by atoms with E-state index in [0.29, 0.717) is 25.7 Å². The molecular formula is C15H14BrF3O2. The number of rotatable bonds is 3. The van der Waals surface area contributed by atoms with Crippen LogP contribution in [0.25, 0.3) is 0 Å². The first-order valence-electron chi connectivity index (χ1n) is 6.65. The number of halogens is 4. The number of aryl methyl sites for hydroxylation is 1. The zero-order chi connectivity index (χ0) is 15.6. The van der Waals surface area contributed by atoms with E-state index in [2.05, 4.69) is 15.9 Å². The summed E-state index contributed by atoms with van der Waals surface area (Å²) < 4.78 is 37.3. The van der Waals surface area contributed by atoms with Crippen LogP contribution < -0.4 is 0 Å². The first-order valence-corrected chi connectivity index (χ1v) is 7.57. The third kappa shape index (κ3) is 3.93. The highest BCUT2D eigenvalue weighted by Gasteiger charge is 2.35. The summed E-state index contributed by atoms with van der Waals surface area (Å²) in [5, 5.41) is 0. The van der Waals surface area contributed by atoms with E-state index >= 15 is 0 Å². The van der Waals surface area contributed by atoms with Crippen LogP contribution in [-0.2, 0) is 22.2 Å². The predicted molar refractivity (Wildman–Crippen MR) is 75.2 cm³/mol. The Kier molecular flexibility index (Phi) is 4.86. The predicted octanol–water partition coefficient (Wildman–Crippen LogP) is 3.95. The van der Waals surface area contributed by atoms with Crippen LogP contribution in [0.2, 0.25) is 0 Å². The number of alkyl halides is 4. The Balaban J connectivity index is 1.94. The molecule has 2 rings (SSSR count). The smallest absolute Gasteiger partial charge is 0.298 e. The molecule has 0 saturated heterocycles. The number of carbonyl (C=O) groups is 2. The molecule has 1 aromatic rings. The molecule has 1 saturated carbocycles. The van der Waals surface area contributed by atoms with Crippen LogP contribution in [0.3, 0.4) is 0 Å². The Labute approximate surface area is 128 Å². The summed E-state index contributed by atoms with van der Waals surface area (Å²) in [4.78, 5) is 22.6. The lowest BCUT2D eigenvalue weighted by Gasteiger charge is -2.23. The molecule has 2 atom stereocenters. The van der Waals surface area contributed by atoms with Crippen LogP contribution in [0, 0.1) is 5.92 Å². The molecule has 1 fully saturated rings. The van der Waals surface area contributed by atoms with Gasteiger partial charge in [-0.3, -0.25) is 9.59 Å². The van der Waals surface area contributed by atoms with Crippen LogP contribution in [0.15, 0.2) is 24.3 Å². The van der Waals surface area contributed by atoms with Gasteiger partial charge in [0.25, 0.3) is 0 Å². The summed E-state index contributed by atoms with van der Waals surface area (Å²) >= 11 is 3.09. The van der Waals surface area contributed by atoms with Crippen LogP contribution in [0.5, 0.6) is 0 Å². The average molecular weight is 363 g/mol. The van der Waals surface area contributed by atoms with Gasteiger partial charge >= 0.3 is 6.18 Å². The number of benzene rings is 1. The molecule has 114 valence electrons. The molecule has 2 nitrogen and oxygen atoms in total. The first-order chi connectivity index (χ1) is 9.79. The highest BCUT2D eigenvalue weighted by atomic mass is 79.9. The fraction of sp³-hybridized carbons (Fsp3) is 0.467. The van der Waals surface area contributed by atoms with Crippen molar-refractivity contribution in [2.24, 2.45) is 5.92 Å². The van der Waals surface area contributed by atoms with Gasteiger partial charge in [-0.1, -0.05) is 28.1 Å². The monoisotopic (exact) mass is 362 g/mol. The Morgan fingerprint density at radius 1 is 1.14 bits per heavy atom. The summed E-state index contributed by atoms with van der Waals surface area (Å²) in [6.45, 7) is 0. The van der Waals surface area contributed by atoms with Crippen molar-refractivity contribution in [2.75, 3.05) is 0 Å². The van der Waals surface area contributed by atoms with E-state index in [4.69, 9.17) is 0 Å². The second-order valence-electron chi connectivity index (χ2n) is 5.20. The Morgan fingerprint density at radius 3 is 2.33 bits per heavy atom. The topological polar surface area (TPSA) is 34.1 Å². The number of ketones is 2. The fourth-order valence-corrected chi connectivity index (χ4v) is 3.04. The molecule has 2 unspecified atom stereocenters. The molecule has 0 aromatic heterocycles. The molecule has 1 aliphatic carbocycles. The Bertz CT molecular complexity index is 537. The van der Waals surface area contributed by atoms with Crippen LogP contribution in [0.1, 0.15) is 30.4 Å². The number of Topliss-reactive ketones (excluding diaryl/α,β-unsaturated/α-hetero) is 2. The van der Waals surface area contributed by atoms with Gasteiger partial charge in [0.1, 0.15) is 4.83 Å². The van der Waals surface area contributed by atoms with Crippen molar-refractivity contribution in [3.63, 3.8) is 0 Å². The maximum atomic E-state index is 12.4. The van der Waals surface area contributed by atoms with Crippen molar-refractivity contribution in [1.82, 2.24) is 0 Å². The van der Waals surface area contributed by atoms with Gasteiger partial charge in [-0.05, 0) is 37.0 Å². The normalized spacial score (nSPS) is 23.4. The van der Waals surface area contributed by atoms with Crippen LogP contribution in [0.4, 0.5) is 13.2 Å². The van der Waals surface area contributed by atoms with E-state index in [1.54, 1.807) is 0 Å². The highest BCUT2D eigenvalue weighted by Crippen LogP contribution is 2.30. The van der Waals surface area contributed by atoms with Gasteiger partial charge in [0.15, 0.2) is 11.6 Å². The lowest BCUT2D eigenvalue weighted by Crippen LogP contribution is -2.36. The van der Waals surface area contributed by atoms with Crippen molar-refractivity contribution in [3.05, 3.63) is 35.4 Å². The van der Waals surface area contributed by atoms with Gasteiger partial charge in [0.05, 0.1) is 5.56 Å². The molecule has 0 heterocycles. The minimum Gasteiger partial charge on any atom is -0.298 e. The average Bonchev–Trinajstić information content (AvgIpc) is 2.43. The molecule has 6 heteroatoms. The van der Waals surface area contributed by atoms with Gasteiger partial charge in [-0.2, -0.15) is 13.2 Å². The molecule has 0 aliphatic heterocycles. The Hall–Kier alpha value is -1.17. The van der Waals surface area contributed by atoms with Crippen LogP contribution >= 0.6 is 15.9 Å². The highest BCUT2D eigenvalue weighted by molar-refractivity contribution is 9.10. The molecule has 0 spiro atoms. The minimum absolute atomic E-state index is 0.0919. The molecule has 0 N–H and O–H groups in total. The SMILES string of the molecule is O=C1CCC(CCc2ccc(C(F)(F)F)cc2)C(=O)C1Br. The van der Waals surface area contributed by atoms with Crippen LogP contribution in [-0.4, -0.2) is 16.4 Å². The second-order valence-corrected chi connectivity index (χ2v) is 6.12. The van der Waals surface area contributed by atoms with E-state index in [1.165, 1.54) is 12.1 Å². The van der Waals surface area contributed by atoms with Gasteiger partial charge in [0.2, 0.25) is 0 Å². The fourth-order valence-electron chi connectivity index (χ4n) is 2.44. The van der Waals surface area contributed by atoms with Crippen molar-refractivity contribution in [1.29, 1.82) is 0 Å². The van der Waals surface area contributed by atoms with E-state index in [0.717, 1.165) is 17.7 Å². The molecule has 21 heavy (non-hydrogen) atoms. The van der Waals surface area contributed by atoms with Gasteiger partial charge in [0, 0.05) is 12.3 Å². The molecule has 0 bridgehead atoms. The molecule has 1 aliphatic rings. The summed E-state index contributed by atoms with van der Waals surface area (Å²) in [7, 11) is 0. The molecule has 0 amide bonds. The number of hydrogen-bond acceptors (Lipinski definition) is 2. The zero-order valence-corrected chi connectivity index (χ0v) is 12.7. The van der Waals surface area contributed by atoms with E-state index < -0.39 is 16.6 Å². The summed E-state index contributed by atoms with van der Waals surface area (Å²) in [5.41, 5.74) is 0.0879. The lowest BCUT2D eigenvalue weighted by molar-refractivity contribution is -0.137. The minimum atomic E-state index is -4.33. The third-order valence-corrected chi connectivity index (χ3v) is 4.70. The second kappa shape index (κ2) is 6.30. The van der Waals surface area contributed by atoms with E-state index in [-0.39, 0.29) is 17.5 Å². The van der Waals surface area contributed by atoms with Crippen molar-refractivity contribution >= 4 is 27.5 Å². The number of carbonyl (C=O) groups excluding carboxylic acids is 2. The maximum absolute atomic E-state index is 12.4. The van der Waals surface area contributed by atoms with Gasteiger partial charge in [-0.15, -0.1) is 0 Å². The van der Waals surface area contributed by atoms with Crippen molar-refractivity contribution in [2.45, 2.75) is 36.7 Å². The lowest BCUT2D eigenvalue weighted by atomic mass is 9.83. The summed E-state index contributed by atoms with van der Waals surface area (Å²) in [6, 6.07) is 4.98. The quantitative estimate of drug-likeness (QED) is 0.602. The standard InChI is InChI=1S/C15H14BrF3O2/c16-13-12(20)8-5-10(14(13)21)4-1-9-2-6-11(7-3-9)15(17,18)19/h2-3,6-7,10,13H,1,4-5,8H2. The third-order valence-electron chi connectivity index (χ3n) is 3.74. The largest absolute Gasteiger partial charge is 0.416 e. The van der Waals surface area contributed by atoms with Gasteiger partial charge < -0.3 is 0 Å². The first kappa shape index (κ1) is 16.2. The number of hydrogen-bond donors (Lipinski definition) is 0. The van der Waals surface area contributed by atoms with Gasteiger partial charge in [-0.25, -0.2) is 0 Å². The Morgan fingerprint density at radius 2 is 1.76 bits per heavy atom. The van der Waals surface area contributed by atoms with Crippen molar-refractivity contribution in [3.8, 4) is 0 Å². The zero-order valence-electron chi connectivity index (χ0n) is 11.1. The van der Waals surface area contributed by atoms with Crippen molar-refractivity contribution < 1.29 is 22.8 Å². The molecular weight excluding hydrogens is 349 g/mol. The molecule has 1 aromatic carbocycles.